The summed E-state index contributed by atoms with van der Waals surface area (Å²) in [6, 6.07) is 7.95. The molecule has 0 bridgehead atoms. The van der Waals surface area contributed by atoms with E-state index in [2.05, 4.69) is 30.3 Å². The molecule has 0 amide bonds. The van der Waals surface area contributed by atoms with E-state index in [1.54, 1.807) is 0 Å². The zero-order valence-electron chi connectivity index (χ0n) is 9.46. The van der Waals surface area contributed by atoms with E-state index in [-0.39, 0.29) is 0 Å². The molecule has 0 unspecified atom stereocenters. The van der Waals surface area contributed by atoms with Crippen LogP contribution in [0.5, 0.6) is 0 Å². The van der Waals surface area contributed by atoms with E-state index in [0.29, 0.717) is 0 Å². The van der Waals surface area contributed by atoms with Crippen molar-refractivity contribution in [2.45, 2.75) is 13.5 Å². The van der Waals surface area contributed by atoms with Crippen LogP contribution in [-0.4, -0.2) is 31.6 Å². The van der Waals surface area contributed by atoms with Crippen molar-refractivity contribution in [1.29, 1.82) is 0 Å². The van der Waals surface area contributed by atoms with Crippen LogP contribution in [0.25, 0.3) is 0 Å². The van der Waals surface area contributed by atoms with Crippen LogP contribution in [0.4, 0.5) is 0 Å². The van der Waals surface area contributed by atoms with Crippen molar-refractivity contribution in [2.75, 3.05) is 26.7 Å². The fourth-order valence-corrected chi connectivity index (χ4v) is 1.50. The van der Waals surface area contributed by atoms with Gasteiger partial charge in [0.2, 0.25) is 0 Å². The number of rotatable bonds is 6. The third-order valence-electron chi connectivity index (χ3n) is 2.48. The molecule has 0 fully saturated rings. The molecule has 0 radical (unpaired) electrons. The molecule has 0 aromatic heterocycles. The molecule has 84 valence electrons. The first-order chi connectivity index (χ1) is 7.24. The summed E-state index contributed by atoms with van der Waals surface area (Å²) < 4.78 is 0. The van der Waals surface area contributed by atoms with Crippen molar-refractivity contribution in [1.82, 2.24) is 10.2 Å². The van der Waals surface area contributed by atoms with Crippen molar-refractivity contribution in [2.24, 2.45) is 0 Å². The lowest BCUT2D eigenvalue weighted by atomic mass is 10.2. The van der Waals surface area contributed by atoms with E-state index in [1.807, 2.05) is 18.2 Å². The van der Waals surface area contributed by atoms with Gasteiger partial charge in [-0.15, -0.1) is 0 Å². The van der Waals surface area contributed by atoms with Crippen LogP contribution < -0.4 is 5.32 Å². The Morgan fingerprint density at radius 2 is 2.07 bits per heavy atom. The van der Waals surface area contributed by atoms with Gasteiger partial charge in [0.1, 0.15) is 0 Å². The average Bonchev–Trinajstić information content (AvgIpc) is 2.26. The molecule has 15 heavy (non-hydrogen) atoms. The number of hydrogen-bond acceptors (Lipinski definition) is 2. The van der Waals surface area contributed by atoms with E-state index in [1.165, 1.54) is 5.56 Å². The summed E-state index contributed by atoms with van der Waals surface area (Å²) in [5.41, 5.74) is 1.17. The Balaban J connectivity index is 2.23. The number of nitrogens with one attached hydrogen (secondary N) is 1. The fourth-order valence-electron chi connectivity index (χ4n) is 1.29. The van der Waals surface area contributed by atoms with Crippen LogP contribution in [0.3, 0.4) is 0 Å². The molecule has 0 heterocycles. The summed E-state index contributed by atoms with van der Waals surface area (Å²) in [7, 11) is 2.12. The van der Waals surface area contributed by atoms with Gasteiger partial charge in [-0.3, -0.25) is 0 Å². The Hall–Kier alpha value is -0.570. The van der Waals surface area contributed by atoms with E-state index < -0.39 is 0 Å². The lowest BCUT2D eigenvalue weighted by Crippen LogP contribution is -2.28. The van der Waals surface area contributed by atoms with E-state index in [0.717, 1.165) is 31.2 Å². The highest BCUT2D eigenvalue weighted by molar-refractivity contribution is 6.31. The molecule has 0 spiro atoms. The minimum absolute atomic E-state index is 0.842. The maximum absolute atomic E-state index is 6.04. The van der Waals surface area contributed by atoms with E-state index >= 15 is 0 Å². The third-order valence-corrected chi connectivity index (χ3v) is 2.85. The van der Waals surface area contributed by atoms with E-state index in [9.17, 15) is 0 Å². The highest BCUT2D eigenvalue weighted by Gasteiger charge is 1.98. The highest BCUT2D eigenvalue weighted by Crippen LogP contribution is 2.13. The van der Waals surface area contributed by atoms with Crippen LogP contribution in [-0.2, 0) is 6.54 Å². The van der Waals surface area contributed by atoms with Gasteiger partial charge >= 0.3 is 0 Å². The number of likely N-dealkylation sites (N-methyl/N-ethyl adjacent to an activating group) is 1. The number of nitrogens with zero attached hydrogens (tertiary/aromatic N) is 1. The van der Waals surface area contributed by atoms with Gasteiger partial charge in [0.15, 0.2) is 0 Å². The van der Waals surface area contributed by atoms with Crippen LogP contribution in [0.1, 0.15) is 12.5 Å². The van der Waals surface area contributed by atoms with Crippen LogP contribution in [0, 0.1) is 0 Å². The van der Waals surface area contributed by atoms with Gasteiger partial charge in [-0.2, -0.15) is 0 Å². The molecule has 0 aliphatic heterocycles. The predicted molar refractivity (Wildman–Crippen MR) is 66.3 cm³/mol. The van der Waals surface area contributed by atoms with Gasteiger partial charge in [0.05, 0.1) is 0 Å². The molecule has 0 aliphatic rings. The molecular formula is C12H19ClN2. The highest BCUT2D eigenvalue weighted by atomic mass is 35.5. The molecule has 1 aromatic rings. The molecule has 0 aliphatic carbocycles. The Labute approximate surface area is 97.2 Å². The molecule has 1 N–H and O–H groups in total. The maximum atomic E-state index is 6.04. The van der Waals surface area contributed by atoms with Gasteiger partial charge in [0.25, 0.3) is 0 Å². The zero-order valence-corrected chi connectivity index (χ0v) is 10.2. The standard InChI is InChI=1S/C12H19ClN2/c1-3-15(2)9-8-14-10-11-6-4-5-7-12(11)13/h4-7,14H,3,8-10H2,1-2H3. The van der Waals surface area contributed by atoms with Crippen molar-refractivity contribution in [3.05, 3.63) is 34.9 Å². The smallest absolute Gasteiger partial charge is 0.0450 e. The van der Waals surface area contributed by atoms with Crippen LogP contribution in [0.2, 0.25) is 5.02 Å². The second-order valence-corrected chi connectivity index (χ2v) is 4.07. The molecular weight excluding hydrogens is 208 g/mol. The second kappa shape index (κ2) is 6.83. The summed E-state index contributed by atoms with van der Waals surface area (Å²) in [6.07, 6.45) is 0. The van der Waals surface area contributed by atoms with E-state index in [4.69, 9.17) is 11.6 Å². The number of benzene rings is 1. The Bertz CT molecular complexity index is 289. The van der Waals surface area contributed by atoms with Crippen molar-refractivity contribution in [3.63, 3.8) is 0 Å². The molecule has 2 nitrogen and oxygen atoms in total. The normalized spacial score (nSPS) is 10.9. The first-order valence-corrected chi connectivity index (χ1v) is 5.74. The van der Waals surface area contributed by atoms with Crippen LogP contribution in [0.15, 0.2) is 24.3 Å². The molecule has 3 heteroatoms. The maximum Gasteiger partial charge on any atom is 0.0450 e. The third kappa shape index (κ3) is 4.65. The van der Waals surface area contributed by atoms with Crippen LogP contribution >= 0.6 is 11.6 Å². The molecule has 0 saturated carbocycles. The van der Waals surface area contributed by atoms with Crippen molar-refractivity contribution in [3.8, 4) is 0 Å². The van der Waals surface area contributed by atoms with Gasteiger partial charge in [-0.1, -0.05) is 36.7 Å². The zero-order chi connectivity index (χ0) is 11.1. The summed E-state index contributed by atoms with van der Waals surface area (Å²) in [5, 5.41) is 4.22. The summed E-state index contributed by atoms with van der Waals surface area (Å²) in [4.78, 5) is 2.28. The van der Waals surface area contributed by atoms with Crippen molar-refractivity contribution < 1.29 is 0 Å². The lowest BCUT2D eigenvalue weighted by Gasteiger charge is -2.14. The molecule has 1 rings (SSSR count). The Morgan fingerprint density at radius 3 is 2.73 bits per heavy atom. The second-order valence-electron chi connectivity index (χ2n) is 3.66. The van der Waals surface area contributed by atoms with Crippen molar-refractivity contribution >= 4 is 11.6 Å². The number of halogens is 1. The topological polar surface area (TPSA) is 15.3 Å². The molecule has 1 aromatic carbocycles. The van der Waals surface area contributed by atoms with Gasteiger partial charge in [-0.05, 0) is 25.2 Å². The minimum atomic E-state index is 0.842. The quantitative estimate of drug-likeness (QED) is 0.750. The summed E-state index contributed by atoms with van der Waals surface area (Å²) in [6.45, 7) is 6.16. The predicted octanol–water partition coefficient (Wildman–Crippen LogP) is 2.38. The van der Waals surface area contributed by atoms with Gasteiger partial charge in [-0.25, -0.2) is 0 Å². The lowest BCUT2D eigenvalue weighted by molar-refractivity contribution is 0.349. The summed E-state index contributed by atoms with van der Waals surface area (Å²) >= 11 is 6.04. The first kappa shape index (κ1) is 12.5. The Morgan fingerprint density at radius 1 is 1.33 bits per heavy atom. The summed E-state index contributed by atoms with van der Waals surface area (Å²) in [5.74, 6) is 0. The SMILES string of the molecule is CCN(C)CCNCc1ccccc1Cl. The average molecular weight is 227 g/mol. The van der Waals surface area contributed by atoms with Gasteiger partial charge < -0.3 is 10.2 Å². The monoisotopic (exact) mass is 226 g/mol. The Kier molecular flexibility index (Phi) is 5.69. The fraction of sp³-hybridized carbons (Fsp3) is 0.500. The molecule has 0 atom stereocenters. The number of hydrogen-bond donors (Lipinski definition) is 1. The largest absolute Gasteiger partial charge is 0.311 e. The van der Waals surface area contributed by atoms with Gasteiger partial charge in [0, 0.05) is 24.7 Å². The first-order valence-electron chi connectivity index (χ1n) is 5.36. The molecule has 0 saturated heterocycles. The minimum Gasteiger partial charge on any atom is -0.311 e.